The Balaban J connectivity index is 2.00. The van der Waals surface area contributed by atoms with Crippen molar-refractivity contribution < 1.29 is 8.39 Å². The van der Waals surface area contributed by atoms with Gasteiger partial charge in [0.2, 0.25) is 0 Å². The van der Waals surface area contributed by atoms with E-state index in [-0.39, 0.29) is 0 Å². The van der Waals surface area contributed by atoms with Crippen molar-refractivity contribution in [1.82, 2.24) is 0 Å². The normalized spacial score (nSPS) is 17.6. The molecule has 27 heavy (non-hydrogen) atoms. The molecule has 0 spiro atoms. The number of anilines is 1. The smallest absolute Gasteiger partial charge is 0.191 e. The number of halogens is 2. The van der Waals surface area contributed by atoms with Crippen molar-refractivity contribution >= 4 is 40.0 Å². The van der Waals surface area contributed by atoms with Crippen LogP contribution in [0.25, 0.3) is 0 Å². The molecular formula is C21H17Cl2NO2S. The molecule has 0 bridgehead atoms. The molecule has 0 aliphatic carbocycles. The van der Waals surface area contributed by atoms with Gasteiger partial charge in [-0.25, -0.2) is 4.21 Å². The number of fused-ring (bicyclic) bond motifs is 1. The molecular weight excluding hydrogens is 401 g/mol. The third-order valence-electron chi connectivity index (χ3n) is 4.74. The summed E-state index contributed by atoms with van der Waals surface area (Å²) in [4.78, 5) is 2.65. The van der Waals surface area contributed by atoms with E-state index in [1.165, 1.54) is 0 Å². The van der Waals surface area contributed by atoms with Crippen LogP contribution in [-0.2, 0) is 20.9 Å². The fourth-order valence-electron chi connectivity index (χ4n) is 3.36. The summed E-state index contributed by atoms with van der Waals surface area (Å²) in [6.07, 6.45) is 0. The standard InChI is InChI=1S/C21H17Cl2NO2S/c1-24(2)18-11-12-19-20(13-18)27(25)26-21(19,14-3-7-16(22)8-4-14)15-5-9-17(23)10-6-15/h3-13H,1-2H3. The summed E-state index contributed by atoms with van der Waals surface area (Å²) in [6.45, 7) is 0. The molecule has 0 amide bonds. The highest BCUT2D eigenvalue weighted by Gasteiger charge is 2.47. The summed E-state index contributed by atoms with van der Waals surface area (Å²) < 4.78 is 19.1. The van der Waals surface area contributed by atoms with Crippen molar-refractivity contribution in [2.24, 2.45) is 0 Å². The second-order valence-electron chi connectivity index (χ2n) is 6.59. The Morgan fingerprint density at radius 2 is 1.37 bits per heavy atom. The van der Waals surface area contributed by atoms with Crippen LogP contribution in [-0.4, -0.2) is 18.3 Å². The quantitative estimate of drug-likeness (QED) is 0.570. The molecule has 6 heteroatoms. The monoisotopic (exact) mass is 417 g/mol. The Bertz CT molecular complexity index is 972. The Kier molecular flexibility index (Phi) is 4.77. The highest BCUT2D eigenvalue weighted by Crippen LogP contribution is 2.49. The average molecular weight is 418 g/mol. The molecule has 3 aromatic rings. The van der Waals surface area contributed by atoms with Crippen LogP contribution in [0.1, 0.15) is 16.7 Å². The zero-order chi connectivity index (χ0) is 19.2. The van der Waals surface area contributed by atoms with Crippen LogP contribution in [0.5, 0.6) is 0 Å². The van der Waals surface area contributed by atoms with Crippen LogP contribution in [0.4, 0.5) is 5.69 Å². The maximum atomic E-state index is 13.0. The van der Waals surface area contributed by atoms with Crippen LogP contribution >= 0.6 is 23.2 Å². The third kappa shape index (κ3) is 3.07. The number of rotatable bonds is 3. The molecule has 1 aliphatic heterocycles. The van der Waals surface area contributed by atoms with E-state index < -0.39 is 16.7 Å². The minimum Gasteiger partial charge on any atom is -0.378 e. The predicted molar refractivity (Wildman–Crippen MR) is 111 cm³/mol. The van der Waals surface area contributed by atoms with Crippen LogP contribution in [0, 0.1) is 0 Å². The molecule has 3 nitrogen and oxygen atoms in total. The van der Waals surface area contributed by atoms with Gasteiger partial charge in [-0.2, -0.15) is 0 Å². The lowest BCUT2D eigenvalue weighted by atomic mass is 9.80. The van der Waals surface area contributed by atoms with Crippen LogP contribution < -0.4 is 4.90 Å². The van der Waals surface area contributed by atoms with Crippen LogP contribution in [0.15, 0.2) is 71.6 Å². The van der Waals surface area contributed by atoms with Gasteiger partial charge < -0.3 is 4.90 Å². The minimum absolute atomic E-state index is 0.632. The molecule has 1 heterocycles. The Morgan fingerprint density at radius 1 is 0.852 bits per heavy atom. The lowest BCUT2D eigenvalue weighted by molar-refractivity contribution is 0.193. The maximum absolute atomic E-state index is 13.0. The lowest BCUT2D eigenvalue weighted by Gasteiger charge is -2.29. The van der Waals surface area contributed by atoms with Crippen LogP contribution in [0.2, 0.25) is 10.0 Å². The second-order valence-corrected chi connectivity index (χ2v) is 8.54. The van der Waals surface area contributed by atoms with Gasteiger partial charge >= 0.3 is 0 Å². The van der Waals surface area contributed by atoms with Crippen molar-refractivity contribution in [3.05, 3.63) is 93.5 Å². The molecule has 4 rings (SSSR count). The first-order valence-electron chi connectivity index (χ1n) is 8.37. The van der Waals surface area contributed by atoms with Gasteiger partial charge in [-0.15, -0.1) is 0 Å². The molecule has 1 aliphatic rings. The molecule has 3 aromatic carbocycles. The van der Waals surface area contributed by atoms with Crippen molar-refractivity contribution in [3.63, 3.8) is 0 Å². The number of hydrogen-bond acceptors (Lipinski definition) is 3. The van der Waals surface area contributed by atoms with E-state index in [1.807, 2.05) is 85.7 Å². The van der Waals surface area contributed by atoms with Crippen molar-refractivity contribution in [1.29, 1.82) is 0 Å². The van der Waals surface area contributed by atoms with Gasteiger partial charge in [-0.1, -0.05) is 53.5 Å². The van der Waals surface area contributed by atoms with Gasteiger partial charge in [0.1, 0.15) is 0 Å². The molecule has 0 fully saturated rings. The summed E-state index contributed by atoms with van der Waals surface area (Å²) in [5, 5.41) is 1.26. The highest BCUT2D eigenvalue weighted by atomic mass is 35.5. The first kappa shape index (κ1) is 18.5. The van der Waals surface area contributed by atoms with Crippen LogP contribution in [0.3, 0.4) is 0 Å². The largest absolute Gasteiger partial charge is 0.378 e. The van der Waals surface area contributed by atoms with E-state index in [4.69, 9.17) is 27.4 Å². The Hall–Kier alpha value is -1.85. The van der Waals surface area contributed by atoms with Crippen molar-refractivity contribution in [2.75, 3.05) is 19.0 Å². The van der Waals surface area contributed by atoms with Crippen molar-refractivity contribution in [3.8, 4) is 0 Å². The molecule has 0 aromatic heterocycles. The lowest BCUT2D eigenvalue weighted by Crippen LogP contribution is -2.28. The SMILES string of the molecule is CN(C)c1ccc2c(c1)S(=O)OC2(c1ccc(Cl)cc1)c1ccc(Cl)cc1. The second kappa shape index (κ2) is 6.95. The Labute approximate surface area is 171 Å². The maximum Gasteiger partial charge on any atom is 0.191 e. The molecule has 0 saturated carbocycles. The molecule has 1 unspecified atom stereocenters. The number of nitrogens with zero attached hydrogens (tertiary/aromatic N) is 1. The summed E-state index contributed by atoms with van der Waals surface area (Å²) in [5.41, 5.74) is 2.56. The Morgan fingerprint density at radius 3 is 1.85 bits per heavy atom. The number of benzene rings is 3. The topological polar surface area (TPSA) is 29.5 Å². The minimum atomic E-state index is -1.60. The summed E-state index contributed by atoms with van der Waals surface area (Å²) in [7, 11) is 3.90. The van der Waals surface area contributed by atoms with Gasteiger partial charge in [0.25, 0.3) is 0 Å². The van der Waals surface area contributed by atoms with E-state index in [0.29, 0.717) is 14.9 Å². The zero-order valence-electron chi connectivity index (χ0n) is 14.8. The van der Waals surface area contributed by atoms with Gasteiger partial charge in [-0.05, 0) is 47.5 Å². The number of hydrogen-bond donors (Lipinski definition) is 0. The first-order valence-corrected chi connectivity index (χ1v) is 10.2. The van der Waals surface area contributed by atoms with E-state index >= 15 is 0 Å². The van der Waals surface area contributed by atoms with Gasteiger partial charge in [0, 0.05) is 35.4 Å². The fraction of sp³-hybridized carbons (Fsp3) is 0.143. The molecule has 0 radical (unpaired) electrons. The van der Waals surface area contributed by atoms with E-state index in [9.17, 15) is 4.21 Å². The van der Waals surface area contributed by atoms with Gasteiger partial charge in [-0.3, -0.25) is 4.18 Å². The summed E-state index contributed by atoms with van der Waals surface area (Å²) >= 11 is 10.6. The van der Waals surface area contributed by atoms with E-state index in [0.717, 1.165) is 22.4 Å². The highest BCUT2D eigenvalue weighted by molar-refractivity contribution is 7.80. The summed E-state index contributed by atoms with van der Waals surface area (Å²) in [5.74, 6) is 0. The summed E-state index contributed by atoms with van der Waals surface area (Å²) in [6, 6.07) is 20.8. The zero-order valence-corrected chi connectivity index (χ0v) is 17.1. The predicted octanol–water partition coefficient (Wildman–Crippen LogP) is 5.40. The first-order chi connectivity index (χ1) is 12.9. The van der Waals surface area contributed by atoms with Gasteiger partial charge in [0.15, 0.2) is 16.7 Å². The average Bonchev–Trinajstić information content (AvgIpc) is 2.96. The molecule has 1 atom stereocenters. The molecule has 138 valence electrons. The van der Waals surface area contributed by atoms with E-state index in [1.54, 1.807) is 0 Å². The van der Waals surface area contributed by atoms with Crippen molar-refractivity contribution in [2.45, 2.75) is 10.5 Å². The molecule has 0 N–H and O–H groups in total. The fourth-order valence-corrected chi connectivity index (χ4v) is 4.82. The van der Waals surface area contributed by atoms with Gasteiger partial charge in [0.05, 0.1) is 4.90 Å². The van der Waals surface area contributed by atoms with E-state index in [2.05, 4.69) is 0 Å². The third-order valence-corrected chi connectivity index (χ3v) is 6.34. The molecule has 0 saturated heterocycles.